The van der Waals surface area contributed by atoms with E-state index in [0.717, 1.165) is 22.3 Å². The summed E-state index contributed by atoms with van der Waals surface area (Å²) in [7, 11) is 0. The predicted octanol–water partition coefficient (Wildman–Crippen LogP) is 3.21. The van der Waals surface area contributed by atoms with Crippen molar-refractivity contribution in [3.63, 3.8) is 0 Å². The Bertz CT molecular complexity index is 1000. The minimum atomic E-state index is -0.565. The smallest absolute Gasteiger partial charge is 0.294 e. The van der Waals surface area contributed by atoms with Gasteiger partial charge in [0, 0.05) is 37.4 Å². The highest BCUT2D eigenvalue weighted by Crippen LogP contribution is 2.32. The molecule has 0 radical (unpaired) electrons. The second-order valence-corrected chi connectivity index (χ2v) is 7.99. The van der Waals surface area contributed by atoms with E-state index in [4.69, 9.17) is 0 Å². The van der Waals surface area contributed by atoms with Gasteiger partial charge in [-0.3, -0.25) is 19.3 Å². The van der Waals surface area contributed by atoms with E-state index in [1.807, 2.05) is 30.3 Å². The van der Waals surface area contributed by atoms with E-state index in [9.17, 15) is 18.8 Å². The van der Waals surface area contributed by atoms with Crippen LogP contribution >= 0.6 is 11.8 Å². The van der Waals surface area contributed by atoms with Crippen LogP contribution in [0.2, 0.25) is 0 Å². The summed E-state index contributed by atoms with van der Waals surface area (Å²) in [5.41, 5.74) is 1.33. The van der Waals surface area contributed by atoms with Gasteiger partial charge in [-0.25, -0.2) is 4.39 Å². The first kappa shape index (κ1) is 20.2. The maximum Gasteiger partial charge on any atom is 0.294 e. The number of hydrogen-bond donors (Lipinski definition) is 0. The molecular formula is C22H20FN3O3S. The molecule has 0 spiro atoms. The van der Waals surface area contributed by atoms with Gasteiger partial charge >= 0.3 is 0 Å². The Morgan fingerprint density at radius 2 is 1.63 bits per heavy atom. The number of benzene rings is 2. The van der Waals surface area contributed by atoms with Gasteiger partial charge < -0.3 is 9.80 Å². The molecule has 0 unspecified atom stereocenters. The zero-order valence-corrected chi connectivity index (χ0v) is 17.0. The molecule has 0 bridgehead atoms. The van der Waals surface area contributed by atoms with Crippen molar-refractivity contribution >= 4 is 40.6 Å². The summed E-state index contributed by atoms with van der Waals surface area (Å²) in [5.74, 6) is -1.31. The van der Waals surface area contributed by atoms with E-state index < -0.39 is 17.0 Å². The number of thioether (sulfide) groups is 1. The van der Waals surface area contributed by atoms with Crippen molar-refractivity contribution in [2.75, 3.05) is 37.6 Å². The summed E-state index contributed by atoms with van der Waals surface area (Å²) in [6.07, 6.45) is 1.35. The number of halogens is 1. The Kier molecular flexibility index (Phi) is 5.85. The minimum absolute atomic E-state index is 0.117. The van der Waals surface area contributed by atoms with Crippen LogP contribution in [0.3, 0.4) is 0 Å². The molecule has 0 saturated carbocycles. The largest absolute Gasteiger partial charge is 0.368 e. The molecule has 0 atom stereocenters. The van der Waals surface area contributed by atoms with Crippen molar-refractivity contribution in [2.24, 2.45) is 0 Å². The van der Waals surface area contributed by atoms with Crippen LogP contribution in [0, 0.1) is 5.82 Å². The Labute approximate surface area is 177 Å². The molecule has 0 N–H and O–H groups in total. The minimum Gasteiger partial charge on any atom is -0.368 e. The van der Waals surface area contributed by atoms with Crippen molar-refractivity contribution in [1.82, 2.24) is 9.80 Å². The van der Waals surface area contributed by atoms with E-state index in [1.165, 1.54) is 18.2 Å². The molecule has 2 aliphatic rings. The highest BCUT2D eigenvalue weighted by Gasteiger charge is 2.37. The number of carbonyl (C=O) groups excluding carboxylic acids is 3. The zero-order chi connectivity index (χ0) is 21.1. The SMILES string of the molecule is O=C(CN1C(=O)SC(=Cc2ccccc2F)C1=O)N1CCN(c2ccccc2)CC1. The predicted molar refractivity (Wildman–Crippen MR) is 114 cm³/mol. The molecule has 8 heteroatoms. The fraction of sp³-hybridized carbons (Fsp3) is 0.227. The first-order valence-electron chi connectivity index (χ1n) is 9.60. The maximum atomic E-state index is 13.8. The van der Waals surface area contributed by atoms with Crippen molar-refractivity contribution in [3.8, 4) is 0 Å². The lowest BCUT2D eigenvalue weighted by molar-refractivity contribution is -0.136. The summed E-state index contributed by atoms with van der Waals surface area (Å²) < 4.78 is 13.8. The lowest BCUT2D eigenvalue weighted by Gasteiger charge is -2.36. The summed E-state index contributed by atoms with van der Waals surface area (Å²) in [6, 6.07) is 16.0. The van der Waals surface area contributed by atoms with Crippen LogP contribution < -0.4 is 4.90 Å². The lowest BCUT2D eigenvalue weighted by atomic mass is 10.2. The van der Waals surface area contributed by atoms with Crippen molar-refractivity contribution < 1.29 is 18.8 Å². The molecular weight excluding hydrogens is 405 g/mol. The molecule has 2 heterocycles. The van der Waals surface area contributed by atoms with Crippen LogP contribution in [-0.2, 0) is 9.59 Å². The van der Waals surface area contributed by atoms with Crippen LogP contribution in [0.1, 0.15) is 5.56 Å². The Balaban J connectivity index is 1.37. The third kappa shape index (κ3) is 4.23. The molecule has 6 nitrogen and oxygen atoms in total. The molecule has 3 amide bonds. The molecule has 154 valence electrons. The molecule has 4 rings (SSSR count). The van der Waals surface area contributed by atoms with Gasteiger partial charge in [0.1, 0.15) is 12.4 Å². The van der Waals surface area contributed by atoms with E-state index in [2.05, 4.69) is 4.90 Å². The van der Waals surface area contributed by atoms with Gasteiger partial charge in [0.2, 0.25) is 5.91 Å². The van der Waals surface area contributed by atoms with Crippen molar-refractivity contribution in [3.05, 3.63) is 70.9 Å². The second-order valence-electron chi connectivity index (χ2n) is 6.99. The number of nitrogens with zero attached hydrogens (tertiary/aromatic N) is 3. The number of carbonyl (C=O) groups is 3. The number of imide groups is 1. The molecule has 2 saturated heterocycles. The molecule has 2 fully saturated rings. The lowest BCUT2D eigenvalue weighted by Crippen LogP contribution is -2.51. The van der Waals surface area contributed by atoms with Crippen LogP contribution in [0.4, 0.5) is 14.9 Å². The van der Waals surface area contributed by atoms with E-state index in [0.29, 0.717) is 26.2 Å². The number of para-hydroxylation sites is 1. The molecule has 2 aromatic carbocycles. The normalized spacial score (nSPS) is 18.4. The van der Waals surface area contributed by atoms with Gasteiger partial charge in [0.05, 0.1) is 4.91 Å². The monoisotopic (exact) mass is 425 g/mol. The quantitative estimate of drug-likeness (QED) is 0.704. The fourth-order valence-corrected chi connectivity index (χ4v) is 4.29. The fourth-order valence-electron chi connectivity index (χ4n) is 3.46. The summed E-state index contributed by atoms with van der Waals surface area (Å²) in [4.78, 5) is 42.5. The third-order valence-electron chi connectivity index (χ3n) is 5.11. The van der Waals surface area contributed by atoms with E-state index in [-0.39, 0.29) is 22.9 Å². The number of anilines is 1. The summed E-state index contributed by atoms with van der Waals surface area (Å²) in [5, 5.41) is -0.515. The molecule has 0 aliphatic carbocycles. The second kappa shape index (κ2) is 8.71. The standard InChI is InChI=1S/C22H20FN3O3S/c23-18-9-5-4-6-16(18)14-19-21(28)26(22(29)30-19)15-20(27)25-12-10-24(11-13-25)17-7-2-1-3-8-17/h1-9,14H,10-13,15H2. The van der Waals surface area contributed by atoms with Gasteiger partial charge in [0.25, 0.3) is 11.1 Å². The van der Waals surface area contributed by atoms with Gasteiger partial charge in [-0.15, -0.1) is 0 Å². The van der Waals surface area contributed by atoms with Crippen LogP contribution in [-0.4, -0.2) is 59.6 Å². The summed E-state index contributed by atoms with van der Waals surface area (Å²) >= 11 is 0.725. The van der Waals surface area contributed by atoms with Crippen molar-refractivity contribution in [1.29, 1.82) is 0 Å². The number of rotatable bonds is 4. The third-order valence-corrected chi connectivity index (χ3v) is 6.02. The molecule has 0 aromatic heterocycles. The first-order chi connectivity index (χ1) is 14.5. The topological polar surface area (TPSA) is 60.9 Å². The first-order valence-corrected chi connectivity index (χ1v) is 10.4. The van der Waals surface area contributed by atoms with Crippen LogP contribution in [0.15, 0.2) is 59.5 Å². The molecule has 30 heavy (non-hydrogen) atoms. The van der Waals surface area contributed by atoms with Crippen molar-refractivity contribution in [2.45, 2.75) is 0 Å². The van der Waals surface area contributed by atoms with Gasteiger partial charge in [-0.1, -0.05) is 36.4 Å². The average Bonchev–Trinajstić information content (AvgIpc) is 3.03. The van der Waals surface area contributed by atoms with E-state index >= 15 is 0 Å². The Morgan fingerprint density at radius 3 is 2.33 bits per heavy atom. The molecule has 2 aliphatic heterocycles. The highest BCUT2D eigenvalue weighted by atomic mass is 32.2. The highest BCUT2D eigenvalue weighted by molar-refractivity contribution is 8.18. The van der Waals surface area contributed by atoms with Crippen LogP contribution in [0.25, 0.3) is 6.08 Å². The van der Waals surface area contributed by atoms with Gasteiger partial charge in [-0.2, -0.15) is 0 Å². The number of piperazine rings is 1. The number of hydrogen-bond acceptors (Lipinski definition) is 5. The number of amides is 3. The summed E-state index contributed by atoms with van der Waals surface area (Å²) in [6.45, 7) is 2.12. The maximum absolute atomic E-state index is 13.8. The van der Waals surface area contributed by atoms with E-state index in [1.54, 1.807) is 17.0 Å². The molecule has 2 aromatic rings. The zero-order valence-electron chi connectivity index (χ0n) is 16.2. The van der Waals surface area contributed by atoms with Crippen LogP contribution in [0.5, 0.6) is 0 Å². The average molecular weight is 425 g/mol. The van der Waals surface area contributed by atoms with Gasteiger partial charge in [-0.05, 0) is 36.0 Å². The Morgan fingerprint density at radius 1 is 0.967 bits per heavy atom. The van der Waals surface area contributed by atoms with Gasteiger partial charge in [0.15, 0.2) is 0 Å². The Hall–Kier alpha value is -3.13.